The minimum absolute atomic E-state index is 0.535. The van der Waals surface area contributed by atoms with E-state index in [9.17, 15) is 0 Å². The van der Waals surface area contributed by atoms with Gasteiger partial charge in [-0.15, -0.1) is 0 Å². The summed E-state index contributed by atoms with van der Waals surface area (Å²) < 4.78 is 0. The molecule has 0 aromatic heterocycles. The first kappa shape index (κ1) is 9.04. The molecule has 1 aromatic rings. The van der Waals surface area contributed by atoms with Crippen molar-refractivity contribution in [2.24, 2.45) is 5.92 Å². The molecule has 0 saturated carbocycles. The van der Waals surface area contributed by atoms with Crippen LogP contribution in [-0.4, -0.2) is 6.54 Å². The highest BCUT2D eigenvalue weighted by Gasteiger charge is 2.21. The zero-order valence-electron chi connectivity index (χ0n) is 7.76. The summed E-state index contributed by atoms with van der Waals surface area (Å²) in [5.74, 6) is 0.792. The number of rotatable bonds is 1. The Labute approximate surface area is 84.1 Å². The van der Waals surface area contributed by atoms with Crippen molar-refractivity contribution in [2.45, 2.75) is 19.4 Å². The van der Waals surface area contributed by atoms with Crippen LogP contribution in [0.5, 0.6) is 0 Å². The number of hydrogen-bond donors (Lipinski definition) is 1. The molecule has 2 atom stereocenters. The lowest BCUT2D eigenvalue weighted by Gasteiger charge is -2.10. The van der Waals surface area contributed by atoms with Crippen molar-refractivity contribution in [3.8, 4) is 0 Å². The van der Waals surface area contributed by atoms with E-state index in [1.165, 1.54) is 12.0 Å². The van der Waals surface area contributed by atoms with Gasteiger partial charge in [0.1, 0.15) is 0 Å². The topological polar surface area (TPSA) is 12.0 Å². The molecule has 1 aromatic carbocycles. The molecule has 1 aliphatic heterocycles. The highest BCUT2D eigenvalue weighted by Crippen LogP contribution is 2.27. The monoisotopic (exact) mass is 195 g/mol. The molecular weight excluding hydrogens is 182 g/mol. The van der Waals surface area contributed by atoms with Crippen molar-refractivity contribution in [3.05, 3.63) is 34.9 Å². The van der Waals surface area contributed by atoms with Crippen LogP contribution >= 0.6 is 11.6 Å². The Morgan fingerprint density at radius 3 is 2.54 bits per heavy atom. The van der Waals surface area contributed by atoms with Gasteiger partial charge in [0, 0.05) is 11.1 Å². The van der Waals surface area contributed by atoms with E-state index in [4.69, 9.17) is 11.6 Å². The van der Waals surface area contributed by atoms with E-state index < -0.39 is 0 Å². The summed E-state index contributed by atoms with van der Waals surface area (Å²) >= 11 is 5.83. The number of nitrogens with one attached hydrogen (secondary N) is 1. The first-order valence-electron chi connectivity index (χ1n) is 4.74. The maximum Gasteiger partial charge on any atom is 0.0406 e. The van der Waals surface area contributed by atoms with Crippen molar-refractivity contribution in [3.63, 3.8) is 0 Å². The Bertz CT molecular complexity index is 281. The van der Waals surface area contributed by atoms with Gasteiger partial charge in [-0.05, 0) is 36.6 Å². The van der Waals surface area contributed by atoms with Crippen LogP contribution in [0.3, 0.4) is 0 Å². The highest BCUT2D eigenvalue weighted by atomic mass is 35.5. The van der Waals surface area contributed by atoms with Crippen LogP contribution in [0, 0.1) is 5.92 Å². The van der Waals surface area contributed by atoms with E-state index in [-0.39, 0.29) is 0 Å². The lowest BCUT2D eigenvalue weighted by molar-refractivity contribution is 0.612. The van der Waals surface area contributed by atoms with E-state index >= 15 is 0 Å². The first-order chi connectivity index (χ1) is 6.25. The van der Waals surface area contributed by atoms with E-state index in [0.717, 1.165) is 17.5 Å². The Balaban J connectivity index is 2.13. The fourth-order valence-corrected chi connectivity index (χ4v) is 1.99. The predicted octanol–water partition coefficient (Wildman–Crippen LogP) is 3.01. The molecule has 1 N–H and O–H groups in total. The summed E-state index contributed by atoms with van der Waals surface area (Å²) in [6.07, 6.45) is 1.24. The minimum Gasteiger partial charge on any atom is -0.310 e. The smallest absolute Gasteiger partial charge is 0.0406 e. The maximum absolute atomic E-state index is 5.83. The van der Waals surface area contributed by atoms with Crippen LogP contribution < -0.4 is 5.32 Å². The molecule has 1 aliphatic rings. The molecule has 13 heavy (non-hydrogen) atoms. The van der Waals surface area contributed by atoms with E-state index in [0.29, 0.717) is 6.04 Å². The predicted molar refractivity (Wildman–Crippen MR) is 56.0 cm³/mol. The third kappa shape index (κ3) is 2.04. The second-order valence-corrected chi connectivity index (χ2v) is 4.29. The Morgan fingerprint density at radius 1 is 1.31 bits per heavy atom. The van der Waals surface area contributed by atoms with Gasteiger partial charge in [0.25, 0.3) is 0 Å². The summed E-state index contributed by atoms with van der Waals surface area (Å²) in [5, 5.41) is 4.31. The van der Waals surface area contributed by atoms with Gasteiger partial charge in [0.05, 0.1) is 0 Å². The van der Waals surface area contributed by atoms with Crippen LogP contribution in [0.15, 0.2) is 24.3 Å². The second kappa shape index (κ2) is 3.69. The maximum atomic E-state index is 5.83. The zero-order chi connectivity index (χ0) is 9.26. The molecule has 2 heteroatoms. The van der Waals surface area contributed by atoms with Gasteiger partial charge in [-0.3, -0.25) is 0 Å². The van der Waals surface area contributed by atoms with E-state index in [2.05, 4.69) is 24.4 Å². The molecule has 1 heterocycles. The summed E-state index contributed by atoms with van der Waals surface area (Å²) in [6, 6.07) is 8.67. The van der Waals surface area contributed by atoms with Crippen molar-refractivity contribution < 1.29 is 0 Å². The third-order valence-corrected chi connectivity index (χ3v) is 2.88. The normalized spacial score (nSPS) is 27.8. The lowest BCUT2D eigenvalue weighted by Crippen LogP contribution is -2.13. The number of halogens is 1. The average Bonchev–Trinajstić information content (AvgIpc) is 2.53. The molecule has 1 nitrogen and oxygen atoms in total. The van der Waals surface area contributed by atoms with Crippen molar-refractivity contribution in [2.75, 3.05) is 6.54 Å². The van der Waals surface area contributed by atoms with Gasteiger partial charge in [0.2, 0.25) is 0 Å². The Hall–Kier alpha value is -0.530. The number of hydrogen-bond acceptors (Lipinski definition) is 1. The van der Waals surface area contributed by atoms with Crippen LogP contribution in [0.2, 0.25) is 5.02 Å². The largest absolute Gasteiger partial charge is 0.310 e. The van der Waals surface area contributed by atoms with Crippen LogP contribution in [-0.2, 0) is 0 Å². The SMILES string of the molecule is CC1CNC(c2ccc(Cl)cc2)C1. The molecule has 0 radical (unpaired) electrons. The first-order valence-corrected chi connectivity index (χ1v) is 5.12. The molecular formula is C11H14ClN. The molecule has 1 saturated heterocycles. The van der Waals surface area contributed by atoms with Crippen molar-refractivity contribution in [1.29, 1.82) is 0 Å². The van der Waals surface area contributed by atoms with Crippen molar-refractivity contribution in [1.82, 2.24) is 5.32 Å². The molecule has 0 spiro atoms. The van der Waals surface area contributed by atoms with Gasteiger partial charge in [-0.2, -0.15) is 0 Å². The third-order valence-electron chi connectivity index (χ3n) is 2.62. The molecule has 70 valence electrons. The highest BCUT2D eigenvalue weighted by molar-refractivity contribution is 6.30. The molecule has 2 unspecified atom stereocenters. The molecule has 0 bridgehead atoms. The van der Waals surface area contributed by atoms with Gasteiger partial charge in [-0.1, -0.05) is 30.7 Å². The van der Waals surface area contributed by atoms with E-state index in [1.54, 1.807) is 0 Å². The van der Waals surface area contributed by atoms with Gasteiger partial charge < -0.3 is 5.32 Å². The van der Waals surface area contributed by atoms with Crippen LogP contribution in [0.25, 0.3) is 0 Å². The van der Waals surface area contributed by atoms with E-state index in [1.807, 2.05) is 12.1 Å². The van der Waals surface area contributed by atoms with Crippen LogP contribution in [0.4, 0.5) is 0 Å². The minimum atomic E-state index is 0.535. The average molecular weight is 196 g/mol. The molecule has 2 rings (SSSR count). The fraction of sp³-hybridized carbons (Fsp3) is 0.455. The summed E-state index contributed by atoms with van der Waals surface area (Å²) in [6.45, 7) is 3.41. The van der Waals surface area contributed by atoms with Gasteiger partial charge in [0.15, 0.2) is 0 Å². The van der Waals surface area contributed by atoms with Crippen LogP contribution in [0.1, 0.15) is 24.9 Å². The summed E-state index contributed by atoms with van der Waals surface area (Å²) in [5.41, 5.74) is 1.36. The molecule has 1 fully saturated rings. The summed E-state index contributed by atoms with van der Waals surface area (Å²) in [7, 11) is 0. The number of benzene rings is 1. The fourth-order valence-electron chi connectivity index (χ4n) is 1.86. The second-order valence-electron chi connectivity index (χ2n) is 3.85. The Kier molecular flexibility index (Phi) is 2.56. The zero-order valence-corrected chi connectivity index (χ0v) is 8.51. The Morgan fingerprint density at radius 2 is 2.00 bits per heavy atom. The van der Waals surface area contributed by atoms with Gasteiger partial charge in [-0.25, -0.2) is 0 Å². The lowest BCUT2D eigenvalue weighted by atomic mass is 10.0. The quantitative estimate of drug-likeness (QED) is 0.727. The molecule has 0 amide bonds. The van der Waals surface area contributed by atoms with Crippen molar-refractivity contribution >= 4 is 11.6 Å². The summed E-state index contributed by atoms with van der Waals surface area (Å²) in [4.78, 5) is 0. The van der Waals surface area contributed by atoms with Gasteiger partial charge >= 0.3 is 0 Å². The molecule has 0 aliphatic carbocycles. The standard InChI is InChI=1S/C11H14ClN/c1-8-6-11(13-7-8)9-2-4-10(12)5-3-9/h2-5,8,11,13H,6-7H2,1H3.